The number of hydrogen-bond acceptors (Lipinski definition) is 7. The molecule has 0 N–H and O–H groups in total. The lowest BCUT2D eigenvalue weighted by atomic mass is 9.58. The summed E-state index contributed by atoms with van der Waals surface area (Å²) in [6.07, 6.45) is 4.22. The van der Waals surface area contributed by atoms with Crippen LogP contribution in [0.25, 0.3) is 0 Å². The number of hydrogen-bond donors (Lipinski definition) is 0. The van der Waals surface area contributed by atoms with Gasteiger partial charge in [-0.1, -0.05) is 235 Å². The van der Waals surface area contributed by atoms with Gasteiger partial charge in [-0.25, -0.2) is 0 Å². The van der Waals surface area contributed by atoms with Crippen molar-refractivity contribution in [2.45, 2.75) is 384 Å². The fourth-order valence-corrected chi connectivity index (χ4v) is 20.3. The predicted octanol–water partition coefficient (Wildman–Crippen LogP) is 29.0. The lowest BCUT2D eigenvalue weighted by Crippen LogP contribution is -2.51. The minimum atomic E-state index is 0.183. The smallest absolute Gasteiger partial charge is 0.145 e. The van der Waals surface area contributed by atoms with E-state index in [9.17, 15) is 0 Å². The summed E-state index contributed by atoms with van der Waals surface area (Å²) in [4.78, 5) is 14.1. The monoisotopic (exact) mass is 1560 g/mol. The number of anilines is 2. The average Bonchev–Trinajstić information content (AvgIpc) is 1.73. The van der Waals surface area contributed by atoms with Crippen molar-refractivity contribution >= 4 is 11.4 Å². The molecule has 4 aliphatic heterocycles. The molecule has 0 amide bonds. The molecule has 16 atom stereocenters. The summed E-state index contributed by atoms with van der Waals surface area (Å²) in [5, 5.41) is 0. The molecule has 3 aromatic carbocycles. The lowest BCUT2D eigenvalue weighted by Gasteiger charge is -2.49. The highest BCUT2D eigenvalue weighted by molar-refractivity contribution is 5.68. The number of likely N-dealkylation sites (N-methyl/N-ethyl adjacent to an activating group) is 2. The molecule has 7 heteroatoms. The van der Waals surface area contributed by atoms with Crippen molar-refractivity contribution in [3.8, 4) is 11.5 Å². The Kier molecular flexibility index (Phi) is 36.4. The standard InChI is InChI=1S/2C15H23NO.C14H28.C14H22.C13H27N.C12H19N.C12H24.C11H23N/c2*1-10-11(2)14-13(16(6)7-8-17-14)9-12(10)15(3,4)5;2*1-9-8-13(14(5,6)7)12(4)11(3)10(9)2;1-9-8-12(13(4,5)6)10(2)11(3)14(9)7;1-8-7-11(12(4,5)6)9(2)10(3)13-8;1-8-7-11(12(4,5)6)10(3)9(8)2;1-8-9(2)12(6)7-10(8)11(3,4)5/h2*9H,7-8H2,1-6H3;9-13H,8H2,1-7H3;8H,1-7H3;9-12H,8H2,1-7H3;7H,1-6H3;8-11H,7H2,1-6H3;8-10H,7H2,1-6H3. The van der Waals surface area contributed by atoms with Crippen LogP contribution in [0.4, 0.5) is 11.4 Å². The Bertz CT molecular complexity index is 3470. The quantitative estimate of drug-likeness (QED) is 0.174. The molecule has 0 radical (unpaired) electrons. The van der Waals surface area contributed by atoms with E-state index in [1.54, 1.807) is 0 Å². The van der Waals surface area contributed by atoms with Gasteiger partial charge in [-0.05, 0) is 341 Å². The van der Waals surface area contributed by atoms with Crippen molar-refractivity contribution in [2.75, 3.05) is 70.8 Å². The second-order valence-corrected chi connectivity index (χ2v) is 46.7. The summed E-state index contributed by atoms with van der Waals surface area (Å²) in [6, 6.07) is 11.4. The molecule has 16 unspecified atom stereocenters. The van der Waals surface area contributed by atoms with Crippen LogP contribution in [0.1, 0.15) is 352 Å². The van der Waals surface area contributed by atoms with E-state index in [-0.39, 0.29) is 21.7 Å². The molecule has 4 aromatic rings. The lowest BCUT2D eigenvalue weighted by molar-refractivity contribution is -0.00235. The molecule has 10 rings (SSSR count). The Balaban J connectivity index is 0.000000335. The fraction of sp³-hybridized carbons (Fsp3) is 0.783. The molecule has 5 heterocycles. The zero-order valence-corrected chi connectivity index (χ0v) is 84.8. The molecule has 2 aliphatic carbocycles. The largest absolute Gasteiger partial charge is 0.489 e. The van der Waals surface area contributed by atoms with Gasteiger partial charge < -0.3 is 29.1 Å². The zero-order valence-electron chi connectivity index (χ0n) is 84.8. The van der Waals surface area contributed by atoms with Crippen LogP contribution in [-0.2, 0) is 21.7 Å². The van der Waals surface area contributed by atoms with Gasteiger partial charge in [0.1, 0.15) is 24.7 Å². The van der Waals surface area contributed by atoms with E-state index in [1.807, 2.05) is 0 Å². The second-order valence-electron chi connectivity index (χ2n) is 46.7. The van der Waals surface area contributed by atoms with E-state index < -0.39 is 0 Å². The van der Waals surface area contributed by atoms with Gasteiger partial charge in [-0.2, -0.15) is 0 Å². The van der Waals surface area contributed by atoms with Gasteiger partial charge in [0.05, 0.1) is 24.5 Å². The summed E-state index contributed by atoms with van der Waals surface area (Å²) in [5.74, 6) is 13.7. The van der Waals surface area contributed by atoms with E-state index in [1.165, 1.54) is 110 Å². The summed E-state index contributed by atoms with van der Waals surface area (Å²) in [6.45, 7) is 113. The molecule has 6 aliphatic rings. The maximum absolute atomic E-state index is 5.83. The Morgan fingerprint density at radius 2 is 0.646 bits per heavy atom. The number of aryl methyl sites for hydroxylation is 3. The van der Waals surface area contributed by atoms with Gasteiger partial charge >= 0.3 is 0 Å². The van der Waals surface area contributed by atoms with Crippen LogP contribution in [-0.4, -0.2) is 93.9 Å². The van der Waals surface area contributed by atoms with Crippen molar-refractivity contribution in [2.24, 2.45) is 98.6 Å². The minimum absolute atomic E-state index is 0.183. The number of likely N-dealkylation sites (tertiary alicyclic amines) is 2. The van der Waals surface area contributed by atoms with E-state index in [0.29, 0.717) is 21.7 Å². The van der Waals surface area contributed by atoms with Crippen molar-refractivity contribution in [3.05, 3.63) is 108 Å². The maximum Gasteiger partial charge on any atom is 0.145 e. The number of piperidine rings is 1. The summed E-state index contributed by atoms with van der Waals surface area (Å²) in [7, 11) is 8.79. The first kappa shape index (κ1) is 103. The topological polar surface area (TPSA) is 44.3 Å². The highest BCUT2D eigenvalue weighted by Crippen LogP contribution is 2.52. The number of pyridine rings is 1. The van der Waals surface area contributed by atoms with Gasteiger partial charge in [0.15, 0.2) is 0 Å². The average molecular weight is 1570 g/mol. The number of ether oxygens (including phenoxy) is 2. The molecule has 0 bridgehead atoms. The molecule has 7 nitrogen and oxygen atoms in total. The number of benzene rings is 3. The predicted molar refractivity (Wildman–Crippen MR) is 505 cm³/mol. The normalized spacial score (nSPS) is 27.0. The molecular weight excluding hydrogens is 1380 g/mol. The van der Waals surface area contributed by atoms with E-state index in [4.69, 9.17) is 9.47 Å². The first-order valence-electron chi connectivity index (χ1n) is 45.3. The fourth-order valence-electron chi connectivity index (χ4n) is 20.3. The van der Waals surface area contributed by atoms with Crippen LogP contribution in [0, 0.1) is 175 Å². The molecule has 1 aromatic heterocycles. The molecule has 2 saturated heterocycles. The highest BCUT2D eigenvalue weighted by atomic mass is 16.5. The summed E-state index contributed by atoms with van der Waals surface area (Å²) >= 11 is 0. The van der Waals surface area contributed by atoms with Gasteiger partial charge in [-0.15, -0.1) is 0 Å². The van der Waals surface area contributed by atoms with Gasteiger partial charge in [0.25, 0.3) is 0 Å². The second kappa shape index (κ2) is 39.9. The Morgan fingerprint density at radius 3 is 0.973 bits per heavy atom. The van der Waals surface area contributed by atoms with E-state index in [2.05, 4.69) is 402 Å². The number of rotatable bonds is 0. The number of fused-ring (bicyclic) bond motifs is 2. The number of aromatic nitrogens is 1. The van der Waals surface area contributed by atoms with Crippen LogP contribution >= 0.6 is 0 Å². The SMILES string of the molecule is CC1C(C)N(C)C(C)CC1C(C)(C)C.CC1C(C)N(C)CC1C(C)(C)C.CC1CC(C(C)(C)C)C(C)C(C)C1C.CC1CC(C(C)(C)C)C(C)C1C.Cc1c(C(C)(C)C)cc2c(c1C)OCCN2C.Cc1c(C(C)(C)C)cc2c(c1C)OCCN2C.Cc1cc(C(C)(C)C)c(C)c(C)c1C.Cc1cc(C(C)(C)C)c(C)c(C)n1. The third-order valence-electron chi connectivity index (χ3n) is 30.3. The van der Waals surface area contributed by atoms with Crippen LogP contribution in [0.3, 0.4) is 0 Å². The van der Waals surface area contributed by atoms with Crippen molar-refractivity contribution in [1.82, 2.24) is 14.8 Å². The first-order valence-corrected chi connectivity index (χ1v) is 45.3. The van der Waals surface area contributed by atoms with Crippen molar-refractivity contribution in [1.29, 1.82) is 0 Å². The minimum Gasteiger partial charge on any atom is -0.489 e. The molecular formula is C106H189N5O2. The first-order chi connectivity index (χ1) is 50.9. The van der Waals surface area contributed by atoms with E-state index in [0.717, 1.165) is 144 Å². The van der Waals surface area contributed by atoms with Gasteiger partial charge in [-0.3, -0.25) is 4.98 Å². The Morgan fingerprint density at radius 1 is 0.327 bits per heavy atom. The maximum atomic E-state index is 5.83. The van der Waals surface area contributed by atoms with Crippen LogP contribution in [0.2, 0.25) is 0 Å². The van der Waals surface area contributed by atoms with Gasteiger partial charge in [0, 0.05) is 50.2 Å². The van der Waals surface area contributed by atoms with Crippen LogP contribution in [0.15, 0.2) is 24.3 Å². The number of nitrogens with zero attached hydrogens (tertiary/aromatic N) is 5. The summed E-state index contributed by atoms with van der Waals surface area (Å²) < 4.78 is 11.7. The zero-order chi connectivity index (χ0) is 88.1. The van der Waals surface area contributed by atoms with Crippen molar-refractivity contribution < 1.29 is 9.47 Å². The summed E-state index contributed by atoms with van der Waals surface area (Å²) in [5.41, 5.74) is 25.7. The third-order valence-corrected chi connectivity index (χ3v) is 30.3. The van der Waals surface area contributed by atoms with Crippen LogP contribution in [0.5, 0.6) is 11.5 Å². The molecule has 113 heavy (non-hydrogen) atoms. The molecule has 0 spiro atoms. The Hall–Kier alpha value is -4.07. The molecule has 650 valence electrons. The van der Waals surface area contributed by atoms with Gasteiger partial charge in [0.2, 0.25) is 0 Å². The molecule has 4 fully saturated rings. The molecule has 2 saturated carbocycles. The van der Waals surface area contributed by atoms with Crippen LogP contribution < -0.4 is 19.3 Å². The Labute approximate surface area is 704 Å². The third kappa shape index (κ3) is 27.0. The highest BCUT2D eigenvalue weighted by Gasteiger charge is 2.45. The van der Waals surface area contributed by atoms with E-state index >= 15 is 0 Å². The van der Waals surface area contributed by atoms with Crippen molar-refractivity contribution in [3.63, 3.8) is 0 Å².